The smallest absolute Gasteiger partial charge is 0.408 e. The molecule has 55 heavy (non-hydrogen) atoms. The largest absolute Gasteiger partial charge is 0.497 e. The molecule has 0 bridgehead atoms. The molecule has 1 fully saturated rings. The summed E-state index contributed by atoms with van der Waals surface area (Å²) < 4.78 is 55.7. The molecule has 6 rings (SSSR count). The Kier molecular flexibility index (Phi) is 12.5. The van der Waals surface area contributed by atoms with Crippen LogP contribution in [-0.4, -0.2) is 75.9 Å². The van der Waals surface area contributed by atoms with Crippen molar-refractivity contribution in [3.8, 4) is 17.6 Å². The molecule has 1 aliphatic rings. The van der Waals surface area contributed by atoms with Crippen LogP contribution in [0.25, 0.3) is 11.2 Å². The molecule has 2 aromatic heterocycles. The van der Waals surface area contributed by atoms with Crippen LogP contribution in [-0.2, 0) is 28.7 Å². The van der Waals surface area contributed by atoms with Gasteiger partial charge >= 0.3 is 7.75 Å². The zero-order chi connectivity index (χ0) is 39.2. The first-order valence-electron chi connectivity index (χ1n) is 18.2. The van der Waals surface area contributed by atoms with E-state index in [9.17, 15) is 14.6 Å². The minimum atomic E-state index is -3.98. The summed E-state index contributed by atoms with van der Waals surface area (Å²) in [5, 5.41) is 9.26. The third-order valence-electron chi connectivity index (χ3n) is 9.57. The fourth-order valence-electron chi connectivity index (χ4n) is 7.18. The molecule has 0 unspecified atom stereocenters. The van der Waals surface area contributed by atoms with Crippen molar-refractivity contribution in [3.05, 3.63) is 119 Å². The van der Waals surface area contributed by atoms with E-state index in [2.05, 4.69) is 15.0 Å². The van der Waals surface area contributed by atoms with Gasteiger partial charge < -0.3 is 23.9 Å². The molecule has 1 N–H and O–H groups in total. The van der Waals surface area contributed by atoms with Crippen LogP contribution in [0.1, 0.15) is 63.5 Å². The highest BCUT2D eigenvalue weighted by atomic mass is 31.2. The molecule has 0 amide bonds. The van der Waals surface area contributed by atoms with Crippen molar-refractivity contribution in [2.45, 2.75) is 76.7 Å². The van der Waals surface area contributed by atoms with Gasteiger partial charge in [0.2, 0.25) is 0 Å². The van der Waals surface area contributed by atoms with E-state index < -0.39 is 31.8 Å². The zero-order valence-electron chi connectivity index (χ0n) is 31.8. The first kappa shape index (κ1) is 39.8. The van der Waals surface area contributed by atoms with Crippen LogP contribution >= 0.6 is 7.75 Å². The second kappa shape index (κ2) is 17.3. The van der Waals surface area contributed by atoms with Crippen molar-refractivity contribution in [3.63, 3.8) is 0 Å². The fourth-order valence-corrected chi connectivity index (χ4v) is 9.31. The van der Waals surface area contributed by atoms with Crippen LogP contribution in [0, 0.1) is 11.3 Å². The summed E-state index contributed by atoms with van der Waals surface area (Å²) in [4.78, 5) is 23.9. The van der Waals surface area contributed by atoms with E-state index in [1.807, 2.05) is 113 Å². The molecule has 4 atom stereocenters. The summed E-state index contributed by atoms with van der Waals surface area (Å²) in [6.07, 6.45) is 0.904. The molecule has 1 aliphatic heterocycles. The minimum absolute atomic E-state index is 0.0360. The Morgan fingerprint density at radius 2 is 1.53 bits per heavy atom. The Morgan fingerprint density at radius 3 is 2.09 bits per heavy atom. The first-order valence-corrected chi connectivity index (χ1v) is 19.7. The van der Waals surface area contributed by atoms with Gasteiger partial charge in [0.05, 0.1) is 58.7 Å². The number of nitriles is 1. The van der Waals surface area contributed by atoms with E-state index in [1.54, 1.807) is 23.5 Å². The summed E-state index contributed by atoms with van der Waals surface area (Å²) >= 11 is 0. The quantitative estimate of drug-likeness (QED) is 0.0588. The summed E-state index contributed by atoms with van der Waals surface area (Å²) in [5.41, 5.74) is 1.36. The van der Waals surface area contributed by atoms with E-state index in [0.29, 0.717) is 17.1 Å². The predicted molar refractivity (Wildman–Crippen MR) is 206 cm³/mol. The highest BCUT2D eigenvalue weighted by Gasteiger charge is 2.48. The van der Waals surface area contributed by atoms with Gasteiger partial charge in [-0.25, -0.2) is 19.2 Å². The van der Waals surface area contributed by atoms with E-state index in [0.717, 1.165) is 16.7 Å². The Balaban J connectivity index is 1.48. The van der Waals surface area contributed by atoms with Crippen molar-refractivity contribution >= 4 is 18.9 Å². The van der Waals surface area contributed by atoms with Crippen LogP contribution in [0.2, 0.25) is 0 Å². The number of hydrogen-bond acceptors (Lipinski definition) is 11. The van der Waals surface area contributed by atoms with Gasteiger partial charge in [-0.05, 0) is 68.7 Å². The molecule has 0 saturated carbocycles. The van der Waals surface area contributed by atoms with E-state index in [1.165, 1.54) is 12.7 Å². The fraction of sp³-hybridized carbons (Fsp3) is 0.400. The number of imidazole rings is 1. The average Bonchev–Trinajstić information content (AvgIpc) is 3.81. The number of rotatable bonds is 17. The number of H-pyrrole nitrogens is 1. The molecule has 14 nitrogen and oxygen atoms in total. The second-order valence-electron chi connectivity index (χ2n) is 13.7. The zero-order valence-corrected chi connectivity index (χ0v) is 32.7. The Labute approximate surface area is 320 Å². The molecular weight excluding hydrogens is 723 g/mol. The van der Waals surface area contributed by atoms with Gasteiger partial charge in [-0.1, -0.05) is 54.6 Å². The van der Waals surface area contributed by atoms with E-state index in [4.69, 9.17) is 28.0 Å². The van der Waals surface area contributed by atoms with Crippen molar-refractivity contribution in [2.75, 3.05) is 27.4 Å². The molecule has 0 spiro atoms. The van der Waals surface area contributed by atoms with E-state index >= 15 is 0 Å². The van der Waals surface area contributed by atoms with Crippen molar-refractivity contribution in [1.82, 2.24) is 24.2 Å². The maximum Gasteiger partial charge on any atom is 0.408 e. The number of benzene rings is 3. The topological polar surface area (TPSA) is 163 Å². The van der Waals surface area contributed by atoms with Gasteiger partial charge in [0.15, 0.2) is 11.2 Å². The third kappa shape index (κ3) is 8.23. The number of fused-ring (bicyclic) bond motifs is 1. The summed E-state index contributed by atoms with van der Waals surface area (Å²) in [6.45, 7) is 7.37. The molecule has 0 aliphatic carbocycles. The van der Waals surface area contributed by atoms with Gasteiger partial charge in [0.1, 0.15) is 29.4 Å². The van der Waals surface area contributed by atoms with Crippen molar-refractivity contribution < 1.29 is 32.6 Å². The number of nitrogens with zero attached hydrogens (tertiary/aromatic N) is 5. The third-order valence-corrected chi connectivity index (χ3v) is 12.0. The second-order valence-corrected chi connectivity index (χ2v) is 15.6. The van der Waals surface area contributed by atoms with Crippen molar-refractivity contribution in [2.24, 2.45) is 0 Å². The Hall–Kier alpha value is -4.87. The standard InChI is InChI=1S/C40H47N6O8P/c1-27(2)46(28(3)4)55(48,51-22-10-21-41)52-24-35-34(23-36(53-35)45-26-44-37-38(45)42-25-43-39(37)47)54-40(29-11-8-7-9-12-29,30-13-17-32(49-5)18-14-30)31-15-19-33(50-6)20-16-31/h7-9,11-20,25-28,34-36H,10,22-24H2,1-6H3,(H,42,43,47)/t34-,35+,36+,55-/m0/s1. The summed E-state index contributed by atoms with van der Waals surface area (Å²) in [6, 6.07) is 26.9. The van der Waals surface area contributed by atoms with E-state index in [-0.39, 0.29) is 49.2 Å². The molecule has 1 saturated heterocycles. The lowest BCUT2D eigenvalue weighted by atomic mass is 9.79. The number of aromatic nitrogens is 4. The van der Waals surface area contributed by atoms with Gasteiger partial charge in [0.25, 0.3) is 5.56 Å². The molecule has 15 heteroatoms. The maximum atomic E-state index is 14.7. The minimum Gasteiger partial charge on any atom is -0.497 e. The number of ether oxygens (including phenoxy) is 4. The predicted octanol–water partition coefficient (Wildman–Crippen LogP) is 6.98. The van der Waals surface area contributed by atoms with Gasteiger partial charge in [-0.15, -0.1) is 0 Å². The SMILES string of the molecule is COc1ccc(C(O[C@H]2C[C@H](n3cnc4c(=O)[nH]cnc43)O[C@@H]2CO[P@@](=O)(OCCC#N)N(C(C)C)C(C)C)(c2ccccc2)c2ccc(OC)cc2)cc1. The lowest BCUT2D eigenvalue weighted by Gasteiger charge is -2.40. The van der Waals surface area contributed by atoms with Crippen LogP contribution in [0.5, 0.6) is 11.5 Å². The number of methoxy groups -OCH3 is 2. The molecule has 290 valence electrons. The molecule has 3 aromatic carbocycles. The summed E-state index contributed by atoms with van der Waals surface area (Å²) in [7, 11) is -0.745. The van der Waals surface area contributed by atoms with Crippen molar-refractivity contribution in [1.29, 1.82) is 5.26 Å². The maximum absolute atomic E-state index is 14.7. The van der Waals surface area contributed by atoms with Gasteiger partial charge in [-0.3, -0.25) is 18.4 Å². The number of hydrogen-bond donors (Lipinski definition) is 1. The number of aromatic amines is 1. The molecular formula is C40H47N6O8P. The van der Waals surface area contributed by atoms with Gasteiger partial charge in [0, 0.05) is 18.5 Å². The Morgan fingerprint density at radius 1 is 0.927 bits per heavy atom. The number of nitrogens with one attached hydrogen (secondary N) is 1. The lowest BCUT2D eigenvalue weighted by Crippen LogP contribution is -2.41. The van der Waals surface area contributed by atoms with Crippen LogP contribution < -0.4 is 15.0 Å². The van der Waals surface area contributed by atoms with Crippen LogP contribution in [0.4, 0.5) is 0 Å². The lowest BCUT2D eigenvalue weighted by molar-refractivity contribution is -0.0981. The monoisotopic (exact) mass is 770 g/mol. The Bertz CT molecular complexity index is 2110. The average molecular weight is 771 g/mol. The van der Waals surface area contributed by atoms with Crippen LogP contribution in [0.15, 0.2) is 96.3 Å². The van der Waals surface area contributed by atoms with Crippen LogP contribution in [0.3, 0.4) is 0 Å². The first-order chi connectivity index (χ1) is 26.5. The highest BCUT2D eigenvalue weighted by molar-refractivity contribution is 7.51. The molecule has 3 heterocycles. The van der Waals surface area contributed by atoms with Gasteiger partial charge in [-0.2, -0.15) is 5.26 Å². The normalized spacial score (nSPS) is 18.5. The molecule has 5 aromatic rings. The molecule has 0 radical (unpaired) electrons. The highest BCUT2D eigenvalue weighted by Crippen LogP contribution is 2.55. The summed E-state index contributed by atoms with van der Waals surface area (Å²) in [5.74, 6) is 1.36.